The van der Waals surface area contributed by atoms with Gasteiger partial charge in [-0.3, -0.25) is 9.59 Å². The van der Waals surface area contributed by atoms with Crippen LogP contribution < -0.4 is 5.32 Å². The molecule has 134 valence electrons. The van der Waals surface area contributed by atoms with E-state index in [4.69, 9.17) is 0 Å². The van der Waals surface area contributed by atoms with Crippen molar-refractivity contribution in [1.82, 2.24) is 20.2 Å². The molecule has 6 nitrogen and oxygen atoms in total. The molecule has 2 amide bonds. The van der Waals surface area contributed by atoms with Gasteiger partial charge in [-0.15, -0.1) is 0 Å². The fraction of sp³-hybridized carbons (Fsp3) is 0.667. The molecule has 2 heterocycles. The van der Waals surface area contributed by atoms with Gasteiger partial charge in [0, 0.05) is 24.7 Å². The van der Waals surface area contributed by atoms with Crippen LogP contribution in [-0.2, 0) is 4.79 Å². The number of hydrogen-bond donors (Lipinski definition) is 1. The van der Waals surface area contributed by atoms with Gasteiger partial charge in [0.2, 0.25) is 5.91 Å². The summed E-state index contributed by atoms with van der Waals surface area (Å²) in [6, 6.07) is 0.168. The van der Waals surface area contributed by atoms with Gasteiger partial charge in [-0.25, -0.2) is 9.97 Å². The van der Waals surface area contributed by atoms with Crippen molar-refractivity contribution in [1.29, 1.82) is 0 Å². The zero-order valence-corrected chi connectivity index (χ0v) is 15.5. The first-order valence-electron chi connectivity index (χ1n) is 9.02. The van der Waals surface area contributed by atoms with Gasteiger partial charge in [0.1, 0.15) is 6.33 Å². The van der Waals surface area contributed by atoms with Gasteiger partial charge in [-0.2, -0.15) is 11.8 Å². The number of carbonyl (C=O) groups is 2. The summed E-state index contributed by atoms with van der Waals surface area (Å²) in [6.45, 7) is 2.79. The number of aromatic nitrogens is 2. The van der Waals surface area contributed by atoms with E-state index >= 15 is 0 Å². The highest BCUT2D eigenvalue weighted by molar-refractivity contribution is 7.99. The molecule has 3 fully saturated rings. The molecule has 7 heteroatoms. The summed E-state index contributed by atoms with van der Waals surface area (Å²) in [5.41, 5.74) is 1.47. The second-order valence-corrected chi connectivity index (χ2v) is 8.63. The molecular formula is C18H24N4O2S. The lowest BCUT2D eigenvalue weighted by Gasteiger charge is -2.35. The summed E-state index contributed by atoms with van der Waals surface area (Å²) in [7, 11) is 0. The van der Waals surface area contributed by atoms with E-state index in [1.54, 1.807) is 18.0 Å². The number of nitrogens with one attached hydrogen (secondary N) is 1. The summed E-state index contributed by atoms with van der Waals surface area (Å²) in [5.74, 6) is 1.01. The number of nitrogens with zero attached hydrogens (tertiary/aromatic N) is 3. The van der Waals surface area contributed by atoms with Crippen molar-refractivity contribution in [3.8, 4) is 0 Å². The van der Waals surface area contributed by atoms with Crippen molar-refractivity contribution in [3.63, 3.8) is 0 Å². The van der Waals surface area contributed by atoms with Gasteiger partial charge >= 0.3 is 0 Å². The molecule has 2 aliphatic carbocycles. The third-order valence-electron chi connectivity index (χ3n) is 5.73. The van der Waals surface area contributed by atoms with E-state index in [-0.39, 0.29) is 29.1 Å². The maximum atomic E-state index is 12.8. The average molecular weight is 360 g/mol. The number of piperidine rings is 1. The molecular weight excluding hydrogens is 336 g/mol. The minimum absolute atomic E-state index is 0.0281. The highest BCUT2D eigenvalue weighted by Gasteiger charge is 2.48. The van der Waals surface area contributed by atoms with Crippen molar-refractivity contribution in [3.05, 3.63) is 23.8 Å². The highest BCUT2D eigenvalue weighted by Crippen LogP contribution is 2.41. The van der Waals surface area contributed by atoms with Crippen LogP contribution in [0.2, 0.25) is 0 Å². The largest absolute Gasteiger partial charge is 0.347 e. The Kier molecular flexibility index (Phi) is 4.43. The van der Waals surface area contributed by atoms with Crippen LogP contribution in [0.1, 0.15) is 54.6 Å². The standard InChI is InChI=1S/C18H24N4O2S/c1-10(25-2)18(24)22-8-11-5-14(15(22)6-11)21-17(23)13-7-19-9-20-16(13)12-3-4-12/h7,9-12,14-15H,3-6,8H2,1-2H3,(H,21,23)/t10?,11-,14-,15-/m1/s1. The Bertz CT molecular complexity index is 693. The quantitative estimate of drug-likeness (QED) is 0.867. The fourth-order valence-corrected chi connectivity index (χ4v) is 4.55. The van der Waals surface area contributed by atoms with E-state index < -0.39 is 0 Å². The molecule has 2 bridgehead atoms. The van der Waals surface area contributed by atoms with Gasteiger partial charge in [-0.05, 0) is 44.8 Å². The highest BCUT2D eigenvalue weighted by atomic mass is 32.2. The Morgan fingerprint density at radius 1 is 1.36 bits per heavy atom. The predicted octanol–water partition coefficient (Wildman–Crippen LogP) is 1.82. The van der Waals surface area contributed by atoms with E-state index in [0.717, 1.165) is 37.9 Å². The third kappa shape index (κ3) is 3.14. The first kappa shape index (κ1) is 16.8. The molecule has 1 saturated heterocycles. The Labute approximate surface area is 152 Å². The van der Waals surface area contributed by atoms with Crippen LogP contribution in [0.5, 0.6) is 0 Å². The number of amides is 2. The zero-order chi connectivity index (χ0) is 17.6. The maximum absolute atomic E-state index is 12.8. The second-order valence-electron chi connectivity index (χ2n) is 7.45. The van der Waals surface area contributed by atoms with Crippen LogP contribution in [0, 0.1) is 5.92 Å². The average Bonchev–Trinajstić information content (AvgIpc) is 3.30. The van der Waals surface area contributed by atoms with Crippen molar-refractivity contribution < 1.29 is 9.59 Å². The van der Waals surface area contributed by atoms with Gasteiger partial charge in [0.25, 0.3) is 5.91 Å². The number of thioether (sulfide) groups is 1. The van der Waals surface area contributed by atoms with Crippen molar-refractivity contribution in [2.24, 2.45) is 5.92 Å². The van der Waals surface area contributed by atoms with Crippen LogP contribution in [0.25, 0.3) is 0 Å². The Morgan fingerprint density at radius 2 is 2.16 bits per heavy atom. The molecule has 3 aliphatic rings. The van der Waals surface area contributed by atoms with Crippen LogP contribution in [-0.4, -0.2) is 56.8 Å². The number of carbonyl (C=O) groups excluding carboxylic acids is 2. The SMILES string of the molecule is CSC(C)C(=O)N1C[C@H]2C[C@@H]1[C@H](NC(=O)c1cncnc1C1CC1)C2. The molecule has 1 unspecified atom stereocenters. The van der Waals surface area contributed by atoms with Crippen LogP contribution in [0.4, 0.5) is 0 Å². The molecule has 1 N–H and O–H groups in total. The zero-order valence-electron chi connectivity index (χ0n) is 14.6. The second kappa shape index (κ2) is 6.59. The molecule has 1 aromatic rings. The molecule has 25 heavy (non-hydrogen) atoms. The number of likely N-dealkylation sites (tertiary alicyclic amines) is 1. The molecule has 1 aliphatic heterocycles. The maximum Gasteiger partial charge on any atom is 0.255 e. The molecule has 4 rings (SSSR count). The molecule has 1 aromatic heterocycles. The lowest BCUT2D eigenvalue weighted by molar-refractivity contribution is -0.132. The molecule has 0 radical (unpaired) electrons. The summed E-state index contributed by atoms with van der Waals surface area (Å²) in [5, 5.41) is 3.14. The van der Waals surface area contributed by atoms with E-state index in [1.165, 1.54) is 6.33 Å². The minimum atomic E-state index is -0.0923. The van der Waals surface area contributed by atoms with Crippen LogP contribution in [0.15, 0.2) is 12.5 Å². The normalized spacial score (nSPS) is 28.9. The Hall–Kier alpha value is -1.63. The van der Waals surface area contributed by atoms with E-state index in [9.17, 15) is 9.59 Å². The van der Waals surface area contributed by atoms with Gasteiger partial charge < -0.3 is 10.2 Å². The minimum Gasteiger partial charge on any atom is -0.347 e. The number of rotatable bonds is 5. The third-order valence-corrected chi connectivity index (χ3v) is 6.64. The Balaban J connectivity index is 1.47. The number of hydrogen-bond acceptors (Lipinski definition) is 5. The number of fused-ring (bicyclic) bond motifs is 2. The van der Waals surface area contributed by atoms with E-state index in [1.807, 2.05) is 18.1 Å². The van der Waals surface area contributed by atoms with Crippen molar-refractivity contribution in [2.45, 2.75) is 55.9 Å². The molecule has 0 spiro atoms. The first-order valence-corrected chi connectivity index (χ1v) is 10.3. The summed E-state index contributed by atoms with van der Waals surface area (Å²) in [6.07, 6.45) is 9.26. The van der Waals surface area contributed by atoms with Gasteiger partial charge in [0.15, 0.2) is 0 Å². The summed E-state index contributed by atoms with van der Waals surface area (Å²) < 4.78 is 0. The van der Waals surface area contributed by atoms with Crippen molar-refractivity contribution >= 4 is 23.6 Å². The van der Waals surface area contributed by atoms with Crippen LogP contribution in [0.3, 0.4) is 0 Å². The molecule has 4 atom stereocenters. The topological polar surface area (TPSA) is 75.2 Å². The first-order chi connectivity index (χ1) is 12.1. The lowest BCUT2D eigenvalue weighted by atomic mass is 10.0. The summed E-state index contributed by atoms with van der Waals surface area (Å²) >= 11 is 1.58. The monoisotopic (exact) mass is 360 g/mol. The summed E-state index contributed by atoms with van der Waals surface area (Å²) in [4.78, 5) is 35.7. The molecule has 0 aromatic carbocycles. The molecule has 2 saturated carbocycles. The van der Waals surface area contributed by atoms with Gasteiger partial charge in [-0.1, -0.05) is 0 Å². The van der Waals surface area contributed by atoms with Crippen molar-refractivity contribution in [2.75, 3.05) is 12.8 Å². The smallest absolute Gasteiger partial charge is 0.255 e. The van der Waals surface area contributed by atoms with Crippen LogP contribution >= 0.6 is 11.8 Å². The van der Waals surface area contributed by atoms with E-state index in [0.29, 0.717) is 17.4 Å². The fourth-order valence-electron chi connectivity index (χ4n) is 4.21. The van der Waals surface area contributed by atoms with E-state index in [2.05, 4.69) is 15.3 Å². The predicted molar refractivity (Wildman–Crippen MR) is 96.5 cm³/mol. The Morgan fingerprint density at radius 3 is 2.84 bits per heavy atom. The lowest BCUT2D eigenvalue weighted by Crippen LogP contribution is -2.53. The van der Waals surface area contributed by atoms with Gasteiger partial charge in [0.05, 0.1) is 22.5 Å².